The van der Waals surface area contributed by atoms with Crippen molar-refractivity contribution in [3.8, 4) is 11.1 Å². The lowest BCUT2D eigenvalue weighted by Gasteiger charge is -2.26. The van der Waals surface area contributed by atoms with Crippen molar-refractivity contribution in [3.05, 3.63) is 125 Å². The maximum atomic E-state index is 14.6. The Kier molecular flexibility index (Phi) is 9.97. The van der Waals surface area contributed by atoms with Crippen LogP contribution in [0, 0.1) is 12.7 Å². The van der Waals surface area contributed by atoms with Gasteiger partial charge in [0.15, 0.2) is 0 Å². The molecule has 206 valence electrons. The van der Waals surface area contributed by atoms with E-state index in [1.807, 2.05) is 86.0 Å². The number of nitrogens with one attached hydrogen (secondary N) is 1. The molecule has 0 aliphatic rings. The first-order valence-corrected chi connectivity index (χ1v) is 14.5. The van der Waals surface area contributed by atoms with Gasteiger partial charge in [0.1, 0.15) is 11.9 Å². The van der Waals surface area contributed by atoms with Crippen LogP contribution in [-0.4, -0.2) is 35.0 Å². The quantitative estimate of drug-likeness (QED) is 0.198. The zero-order valence-corrected chi connectivity index (χ0v) is 23.5. The molecule has 0 bridgehead atoms. The first-order valence-electron chi connectivity index (χ1n) is 13.1. The minimum atomic E-state index is -1.05. The summed E-state index contributed by atoms with van der Waals surface area (Å²) >= 11 is 1.54. The zero-order valence-electron chi connectivity index (χ0n) is 22.6. The lowest BCUT2D eigenvalue weighted by Crippen LogP contribution is -2.41. The van der Waals surface area contributed by atoms with Gasteiger partial charge in [0.2, 0.25) is 0 Å². The largest absolute Gasteiger partial charge is 0.480 e. The van der Waals surface area contributed by atoms with Gasteiger partial charge in [-0.1, -0.05) is 66.7 Å². The number of aliphatic carboxylic acids is 1. The van der Waals surface area contributed by atoms with Crippen molar-refractivity contribution in [1.82, 2.24) is 5.32 Å². The molecule has 4 rings (SSSR count). The third-order valence-corrected chi connectivity index (χ3v) is 7.44. The zero-order chi connectivity index (χ0) is 28.5. The summed E-state index contributed by atoms with van der Waals surface area (Å²) in [5.74, 6) is -1.11. The molecular formula is C33H33FN2O3S. The van der Waals surface area contributed by atoms with Gasteiger partial charge >= 0.3 is 5.97 Å². The number of halogens is 1. The summed E-state index contributed by atoms with van der Waals surface area (Å²) in [5, 5.41) is 12.4. The molecule has 0 aromatic heterocycles. The molecule has 0 spiro atoms. The van der Waals surface area contributed by atoms with E-state index in [-0.39, 0.29) is 5.82 Å². The molecule has 40 heavy (non-hydrogen) atoms. The molecule has 1 atom stereocenters. The minimum absolute atomic E-state index is 0.259. The Balaban J connectivity index is 1.71. The monoisotopic (exact) mass is 556 g/mol. The number of para-hydroxylation sites is 1. The van der Waals surface area contributed by atoms with E-state index in [4.69, 9.17) is 0 Å². The highest BCUT2D eigenvalue weighted by molar-refractivity contribution is 7.98. The second-order valence-electron chi connectivity index (χ2n) is 9.62. The topological polar surface area (TPSA) is 69.6 Å². The second-order valence-corrected chi connectivity index (χ2v) is 10.6. The highest BCUT2D eigenvalue weighted by Gasteiger charge is 2.23. The van der Waals surface area contributed by atoms with Gasteiger partial charge < -0.3 is 15.3 Å². The predicted molar refractivity (Wildman–Crippen MR) is 161 cm³/mol. The van der Waals surface area contributed by atoms with Gasteiger partial charge in [0.05, 0.1) is 0 Å². The SMILES string of the molecule is CSCCC(NC(=O)c1ccc(CN(Cc2ccccc2F)c2ccccc2)cc1-c1ccccc1C)C(=O)O. The molecule has 4 aromatic carbocycles. The van der Waals surface area contributed by atoms with Gasteiger partial charge in [-0.15, -0.1) is 0 Å². The number of carboxylic acids is 1. The van der Waals surface area contributed by atoms with Crippen molar-refractivity contribution in [2.45, 2.75) is 32.5 Å². The first-order chi connectivity index (χ1) is 19.4. The average molecular weight is 557 g/mol. The van der Waals surface area contributed by atoms with Gasteiger partial charge in [-0.2, -0.15) is 11.8 Å². The highest BCUT2D eigenvalue weighted by Crippen LogP contribution is 2.30. The summed E-state index contributed by atoms with van der Waals surface area (Å²) in [6, 6.07) is 29.0. The van der Waals surface area contributed by atoms with Crippen LogP contribution in [0.4, 0.5) is 10.1 Å². The van der Waals surface area contributed by atoms with Crippen LogP contribution in [0.25, 0.3) is 11.1 Å². The van der Waals surface area contributed by atoms with E-state index in [1.54, 1.807) is 18.2 Å². The van der Waals surface area contributed by atoms with E-state index in [0.29, 0.717) is 36.4 Å². The normalized spacial score (nSPS) is 11.6. The Morgan fingerprint density at radius 1 is 0.900 bits per heavy atom. The number of anilines is 1. The van der Waals surface area contributed by atoms with E-state index >= 15 is 0 Å². The fourth-order valence-corrected chi connectivity index (χ4v) is 5.12. The number of amides is 1. The molecule has 0 radical (unpaired) electrons. The van der Waals surface area contributed by atoms with Gasteiger partial charge in [0.25, 0.3) is 5.91 Å². The predicted octanol–water partition coefficient (Wildman–Crippen LogP) is 6.94. The van der Waals surface area contributed by atoms with Crippen molar-refractivity contribution in [1.29, 1.82) is 0 Å². The van der Waals surface area contributed by atoms with Crippen LogP contribution in [0.2, 0.25) is 0 Å². The summed E-state index contributed by atoms with van der Waals surface area (Å²) < 4.78 is 14.6. The fraction of sp³-hybridized carbons (Fsp3) is 0.212. The average Bonchev–Trinajstić information content (AvgIpc) is 2.96. The Labute approximate surface area is 239 Å². The number of thioether (sulfide) groups is 1. The number of nitrogens with zero attached hydrogens (tertiary/aromatic N) is 1. The summed E-state index contributed by atoms with van der Waals surface area (Å²) in [4.78, 5) is 27.3. The highest BCUT2D eigenvalue weighted by atomic mass is 32.2. The molecule has 1 amide bonds. The van der Waals surface area contributed by atoms with Crippen LogP contribution in [0.1, 0.15) is 33.5 Å². The standard InChI is InChI=1S/C33H33FN2O3S/c1-23-10-6-8-14-27(23)29-20-24(16-17-28(29)32(37)35-31(33(38)39)18-19-40-2)21-36(26-12-4-3-5-13-26)22-25-11-7-9-15-30(25)34/h3-17,20,31H,18-19,21-22H2,1-2H3,(H,35,37)(H,38,39). The van der Waals surface area contributed by atoms with Crippen LogP contribution in [0.3, 0.4) is 0 Å². The van der Waals surface area contributed by atoms with E-state index < -0.39 is 17.9 Å². The summed E-state index contributed by atoms with van der Waals surface area (Å²) in [6.07, 6.45) is 2.24. The van der Waals surface area contributed by atoms with Crippen LogP contribution >= 0.6 is 11.8 Å². The van der Waals surface area contributed by atoms with Crippen molar-refractivity contribution in [3.63, 3.8) is 0 Å². The van der Waals surface area contributed by atoms with Crippen molar-refractivity contribution < 1.29 is 19.1 Å². The van der Waals surface area contributed by atoms with E-state index in [9.17, 15) is 19.1 Å². The Hall–Kier alpha value is -4.10. The number of carboxylic acid groups (broad SMARTS) is 1. The molecule has 5 nitrogen and oxygen atoms in total. The number of carbonyl (C=O) groups excluding carboxylic acids is 1. The maximum Gasteiger partial charge on any atom is 0.326 e. The number of carbonyl (C=O) groups is 2. The smallest absolute Gasteiger partial charge is 0.326 e. The molecule has 7 heteroatoms. The van der Waals surface area contributed by atoms with Crippen LogP contribution in [-0.2, 0) is 17.9 Å². The van der Waals surface area contributed by atoms with Crippen LogP contribution < -0.4 is 10.2 Å². The molecule has 0 aliphatic heterocycles. The number of hydrogen-bond donors (Lipinski definition) is 2. The van der Waals surface area contributed by atoms with Gasteiger partial charge in [-0.25, -0.2) is 9.18 Å². The fourth-order valence-electron chi connectivity index (χ4n) is 4.64. The van der Waals surface area contributed by atoms with Crippen LogP contribution in [0.15, 0.2) is 97.1 Å². The van der Waals surface area contributed by atoms with Crippen molar-refractivity contribution in [2.75, 3.05) is 16.9 Å². The molecule has 0 aliphatic carbocycles. The summed E-state index contributed by atoms with van der Waals surface area (Å²) in [6.45, 7) is 2.83. The lowest BCUT2D eigenvalue weighted by molar-refractivity contribution is -0.139. The van der Waals surface area contributed by atoms with Crippen molar-refractivity contribution >= 4 is 29.3 Å². The van der Waals surface area contributed by atoms with E-state index in [2.05, 4.69) is 10.2 Å². The first kappa shape index (κ1) is 28.9. The number of rotatable bonds is 12. The Morgan fingerprint density at radius 3 is 2.30 bits per heavy atom. The van der Waals surface area contributed by atoms with Crippen molar-refractivity contribution in [2.24, 2.45) is 0 Å². The Bertz CT molecular complexity index is 1460. The molecule has 4 aromatic rings. The second kappa shape index (κ2) is 13.8. The number of benzene rings is 4. The summed E-state index contributed by atoms with van der Waals surface area (Å²) in [7, 11) is 0. The van der Waals surface area contributed by atoms with Crippen LogP contribution in [0.5, 0.6) is 0 Å². The molecule has 0 fully saturated rings. The van der Waals surface area contributed by atoms with Gasteiger partial charge in [-0.05, 0) is 77.9 Å². The van der Waals surface area contributed by atoms with E-state index in [0.717, 1.165) is 27.9 Å². The number of hydrogen-bond acceptors (Lipinski definition) is 4. The van der Waals surface area contributed by atoms with Gasteiger partial charge in [-0.3, -0.25) is 4.79 Å². The minimum Gasteiger partial charge on any atom is -0.480 e. The Morgan fingerprint density at radius 2 is 1.60 bits per heavy atom. The molecule has 1 unspecified atom stereocenters. The maximum absolute atomic E-state index is 14.6. The molecule has 2 N–H and O–H groups in total. The third-order valence-electron chi connectivity index (χ3n) is 6.79. The number of aryl methyl sites for hydroxylation is 1. The summed E-state index contributed by atoms with van der Waals surface area (Å²) in [5.41, 5.74) is 5.50. The lowest BCUT2D eigenvalue weighted by atomic mass is 9.93. The molecular weight excluding hydrogens is 523 g/mol. The van der Waals surface area contributed by atoms with Gasteiger partial charge in [0, 0.05) is 29.9 Å². The third kappa shape index (κ3) is 7.30. The molecule has 0 saturated carbocycles. The van der Waals surface area contributed by atoms with E-state index in [1.165, 1.54) is 17.8 Å². The molecule has 0 saturated heterocycles. The molecule has 0 heterocycles.